The van der Waals surface area contributed by atoms with Crippen LogP contribution in [0.5, 0.6) is 5.75 Å². The van der Waals surface area contributed by atoms with E-state index in [0.717, 1.165) is 25.8 Å². The number of amides is 3. The second kappa shape index (κ2) is 16.5. The number of aliphatic hydroxyl groups is 1. The number of anilines is 1. The van der Waals surface area contributed by atoms with Gasteiger partial charge in [-0.2, -0.15) is 0 Å². The van der Waals surface area contributed by atoms with Crippen LogP contribution >= 0.6 is 0 Å². The first kappa shape index (κ1) is 33.4. The molecule has 0 saturated carbocycles. The Morgan fingerprint density at radius 3 is 2.55 bits per heavy atom. The van der Waals surface area contributed by atoms with Crippen LogP contribution in [-0.2, 0) is 11.3 Å². The van der Waals surface area contributed by atoms with Crippen LogP contribution in [0.3, 0.4) is 0 Å². The Morgan fingerprint density at radius 2 is 1.86 bits per heavy atom. The highest BCUT2D eigenvalue weighted by Crippen LogP contribution is 2.28. The predicted molar refractivity (Wildman–Crippen MR) is 167 cm³/mol. The molecule has 0 bridgehead atoms. The summed E-state index contributed by atoms with van der Waals surface area (Å²) in [6.45, 7) is 12.1. The predicted octanol–water partition coefficient (Wildman–Crippen LogP) is 5.14. The Balaban J connectivity index is 1.90. The molecule has 2 aromatic carbocycles. The van der Waals surface area contributed by atoms with E-state index in [1.54, 1.807) is 23.1 Å². The topological polar surface area (TPSA) is 103 Å². The Hall–Kier alpha value is -3.14. The van der Waals surface area contributed by atoms with Gasteiger partial charge in [-0.25, -0.2) is 4.79 Å². The summed E-state index contributed by atoms with van der Waals surface area (Å²) in [7, 11) is 2.09. The Labute approximate surface area is 251 Å². The van der Waals surface area contributed by atoms with Gasteiger partial charge in [-0.3, -0.25) is 9.69 Å². The maximum atomic E-state index is 14.2. The molecule has 1 heterocycles. The van der Waals surface area contributed by atoms with Crippen molar-refractivity contribution in [1.82, 2.24) is 15.1 Å². The summed E-state index contributed by atoms with van der Waals surface area (Å²) in [5.74, 6) is 0.204. The number of urea groups is 1. The number of fused-ring (bicyclic) bond motifs is 1. The Kier molecular flexibility index (Phi) is 13.1. The molecule has 2 aromatic rings. The molecule has 0 spiro atoms. The van der Waals surface area contributed by atoms with Crippen molar-refractivity contribution >= 4 is 17.6 Å². The van der Waals surface area contributed by atoms with Gasteiger partial charge in [0.2, 0.25) is 0 Å². The second-order valence-electron chi connectivity index (χ2n) is 11.9. The van der Waals surface area contributed by atoms with Crippen molar-refractivity contribution in [3.63, 3.8) is 0 Å². The van der Waals surface area contributed by atoms with Crippen LogP contribution in [0.2, 0.25) is 0 Å². The molecule has 42 heavy (non-hydrogen) atoms. The molecular formula is C33H50N4O5. The first-order chi connectivity index (χ1) is 20.1. The summed E-state index contributed by atoms with van der Waals surface area (Å²) in [5.41, 5.74) is 2.08. The standard InChI is InChI=1S/C33H50N4O5/c1-23(2)34-33(40)35-28-15-16-30-29(18-28)32(39)37(25(4)22-38)19-24(3)31(41-17-11-10-12-26(5)42-30)21-36(6)20-27-13-8-7-9-14-27/h7-9,13-16,18,23-26,31,38H,10-12,17,19-22H2,1-6H3,(H2,34,35,40)/t24-,25+,26+,31-/m1/s1. The van der Waals surface area contributed by atoms with E-state index in [9.17, 15) is 14.7 Å². The Bertz CT molecular complexity index is 1130. The van der Waals surface area contributed by atoms with Crippen molar-refractivity contribution in [2.24, 2.45) is 5.92 Å². The van der Waals surface area contributed by atoms with Gasteiger partial charge < -0.3 is 30.1 Å². The van der Waals surface area contributed by atoms with Crippen LogP contribution < -0.4 is 15.4 Å². The van der Waals surface area contributed by atoms with E-state index in [4.69, 9.17) is 9.47 Å². The van der Waals surface area contributed by atoms with E-state index < -0.39 is 6.04 Å². The number of hydrogen-bond donors (Lipinski definition) is 3. The van der Waals surface area contributed by atoms with E-state index in [1.165, 1.54) is 5.56 Å². The largest absolute Gasteiger partial charge is 0.490 e. The zero-order valence-electron chi connectivity index (χ0n) is 26.1. The summed E-state index contributed by atoms with van der Waals surface area (Å²) in [4.78, 5) is 30.6. The molecule has 0 fully saturated rings. The van der Waals surface area contributed by atoms with Crippen molar-refractivity contribution in [2.75, 3.05) is 38.7 Å². The van der Waals surface area contributed by atoms with Crippen LogP contribution in [0.1, 0.15) is 69.8 Å². The molecule has 0 unspecified atom stereocenters. The van der Waals surface area contributed by atoms with E-state index in [2.05, 4.69) is 41.6 Å². The molecule has 0 saturated heterocycles. The number of ether oxygens (including phenoxy) is 2. The zero-order valence-corrected chi connectivity index (χ0v) is 26.1. The second-order valence-corrected chi connectivity index (χ2v) is 11.9. The molecule has 3 amide bonds. The molecule has 0 aromatic heterocycles. The van der Waals surface area contributed by atoms with Gasteiger partial charge in [0.25, 0.3) is 5.91 Å². The maximum Gasteiger partial charge on any atom is 0.319 e. The molecule has 4 atom stereocenters. The molecule has 3 rings (SSSR count). The fourth-order valence-corrected chi connectivity index (χ4v) is 5.16. The highest BCUT2D eigenvalue weighted by molar-refractivity contribution is 5.99. The summed E-state index contributed by atoms with van der Waals surface area (Å²) in [6.07, 6.45) is 2.45. The lowest BCUT2D eigenvalue weighted by Crippen LogP contribution is -2.47. The van der Waals surface area contributed by atoms with Crippen molar-refractivity contribution in [1.29, 1.82) is 0 Å². The minimum Gasteiger partial charge on any atom is -0.490 e. The van der Waals surface area contributed by atoms with Gasteiger partial charge in [0.15, 0.2) is 0 Å². The van der Waals surface area contributed by atoms with Crippen LogP contribution in [0.15, 0.2) is 48.5 Å². The quantitative estimate of drug-likeness (QED) is 0.398. The van der Waals surface area contributed by atoms with E-state index >= 15 is 0 Å². The van der Waals surface area contributed by atoms with Gasteiger partial charge in [-0.05, 0) is 77.8 Å². The molecule has 3 N–H and O–H groups in total. The molecule has 9 heteroatoms. The van der Waals surface area contributed by atoms with Gasteiger partial charge in [0, 0.05) is 43.9 Å². The van der Waals surface area contributed by atoms with Crippen LogP contribution in [0, 0.1) is 5.92 Å². The molecular weight excluding hydrogens is 532 g/mol. The molecule has 0 aliphatic carbocycles. The molecule has 232 valence electrons. The molecule has 9 nitrogen and oxygen atoms in total. The number of hydrogen-bond acceptors (Lipinski definition) is 6. The number of benzene rings is 2. The normalized spacial score (nSPS) is 21.3. The number of carbonyl (C=O) groups is 2. The summed E-state index contributed by atoms with van der Waals surface area (Å²) in [5, 5.41) is 15.8. The summed E-state index contributed by atoms with van der Waals surface area (Å²) in [6, 6.07) is 14.7. The minimum atomic E-state index is -0.429. The third kappa shape index (κ3) is 10.3. The number of rotatable bonds is 8. The van der Waals surface area contributed by atoms with Crippen molar-refractivity contribution in [3.05, 3.63) is 59.7 Å². The molecule has 1 aliphatic heterocycles. The lowest BCUT2D eigenvalue weighted by atomic mass is 10.0. The monoisotopic (exact) mass is 582 g/mol. The van der Waals surface area contributed by atoms with Gasteiger partial charge in [0.05, 0.1) is 30.4 Å². The smallest absolute Gasteiger partial charge is 0.319 e. The minimum absolute atomic E-state index is 0.00877. The van der Waals surface area contributed by atoms with Crippen molar-refractivity contribution in [2.45, 2.75) is 84.7 Å². The average molecular weight is 583 g/mol. The fourth-order valence-electron chi connectivity index (χ4n) is 5.16. The van der Waals surface area contributed by atoms with Gasteiger partial charge in [0.1, 0.15) is 5.75 Å². The number of nitrogens with zero attached hydrogens (tertiary/aromatic N) is 2. The van der Waals surface area contributed by atoms with E-state index in [-0.39, 0.29) is 42.7 Å². The van der Waals surface area contributed by atoms with Gasteiger partial charge >= 0.3 is 6.03 Å². The zero-order chi connectivity index (χ0) is 30.6. The van der Waals surface area contributed by atoms with Gasteiger partial charge in [-0.15, -0.1) is 0 Å². The Morgan fingerprint density at radius 1 is 1.12 bits per heavy atom. The van der Waals surface area contributed by atoms with Crippen molar-refractivity contribution in [3.8, 4) is 5.75 Å². The van der Waals surface area contributed by atoms with Crippen LogP contribution in [-0.4, -0.2) is 84.5 Å². The average Bonchev–Trinajstić information content (AvgIpc) is 2.94. The van der Waals surface area contributed by atoms with Crippen LogP contribution in [0.25, 0.3) is 0 Å². The first-order valence-corrected chi connectivity index (χ1v) is 15.2. The fraction of sp³-hybridized carbons (Fsp3) is 0.576. The maximum absolute atomic E-state index is 14.2. The number of carbonyl (C=O) groups excluding carboxylic acids is 2. The molecule has 0 radical (unpaired) electrons. The third-order valence-corrected chi connectivity index (χ3v) is 7.52. The van der Waals surface area contributed by atoms with Crippen LogP contribution in [0.4, 0.5) is 10.5 Å². The van der Waals surface area contributed by atoms with E-state index in [0.29, 0.717) is 36.7 Å². The number of aliphatic hydroxyl groups excluding tert-OH is 1. The highest BCUT2D eigenvalue weighted by Gasteiger charge is 2.30. The summed E-state index contributed by atoms with van der Waals surface area (Å²) < 4.78 is 12.7. The highest BCUT2D eigenvalue weighted by atomic mass is 16.5. The lowest BCUT2D eigenvalue weighted by molar-refractivity contribution is -0.0177. The summed E-state index contributed by atoms with van der Waals surface area (Å²) >= 11 is 0. The van der Waals surface area contributed by atoms with Gasteiger partial charge in [-0.1, -0.05) is 37.3 Å². The SMILES string of the molecule is CC(C)NC(=O)Nc1ccc2c(c1)C(=O)N([C@@H](C)CO)C[C@@H](C)[C@@H](CN(C)Cc1ccccc1)OCCCC[C@H](C)O2. The van der Waals surface area contributed by atoms with Crippen molar-refractivity contribution < 1.29 is 24.2 Å². The number of nitrogens with one attached hydrogen (secondary N) is 2. The lowest BCUT2D eigenvalue weighted by Gasteiger charge is -2.36. The van der Waals surface area contributed by atoms with E-state index in [1.807, 2.05) is 45.9 Å². The first-order valence-electron chi connectivity index (χ1n) is 15.2. The third-order valence-electron chi connectivity index (χ3n) is 7.52. The number of likely N-dealkylation sites (N-methyl/N-ethyl adjacent to an activating group) is 1. The molecule has 1 aliphatic rings.